The monoisotopic (exact) mass is 398 g/mol. The fraction of sp³-hybridized carbons (Fsp3) is 0.238. The minimum atomic E-state index is -0.531. The van der Waals surface area contributed by atoms with E-state index in [2.05, 4.69) is 5.32 Å². The molecule has 0 aliphatic carbocycles. The van der Waals surface area contributed by atoms with Crippen LogP contribution < -0.4 is 15.0 Å². The van der Waals surface area contributed by atoms with Crippen LogP contribution in [-0.2, 0) is 9.53 Å². The van der Waals surface area contributed by atoms with Gasteiger partial charge < -0.3 is 19.9 Å². The normalized spacial score (nSPS) is 16.6. The van der Waals surface area contributed by atoms with E-state index in [4.69, 9.17) is 21.7 Å². The topological polar surface area (TPSA) is 71.0 Å². The SMILES string of the molecule is COC(=O)C1=C(C)N(c2ccc(C)cc2)C(=S)N[C@@H]1c1ccc(O)c(OC)c1. The van der Waals surface area contributed by atoms with Crippen molar-refractivity contribution in [2.75, 3.05) is 19.1 Å². The molecule has 3 rings (SSSR count). The van der Waals surface area contributed by atoms with Crippen LogP contribution >= 0.6 is 12.2 Å². The summed E-state index contributed by atoms with van der Waals surface area (Å²) in [6, 6.07) is 12.3. The van der Waals surface area contributed by atoms with Crippen LogP contribution in [0, 0.1) is 6.92 Å². The first kappa shape index (κ1) is 19.7. The second kappa shape index (κ2) is 7.90. The van der Waals surface area contributed by atoms with Crippen LogP contribution in [0.4, 0.5) is 5.69 Å². The molecule has 146 valence electrons. The number of phenolic OH excluding ortho intramolecular Hbond substituents is 1. The van der Waals surface area contributed by atoms with E-state index >= 15 is 0 Å². The van der Waals surface area contributed by atoms with Crippen LogP contribution in [0.5, 0.6) is 11.5 Å². The lowest BCUT2D eigenvalue weighted by Crippen LogP contribution is -2.48. The number of nitrogens with one attached hydrogen (secondary N) is 1. The van der Waals surface area contributed by atoms with Crippen molar-refractivity contribution >= 4 is 29.0 Å². The zero-order valence-corrected chi connectivity index (χ0v) is 17.0. The summed E-state index contributed by atoms with van der Waals surface area (Å²) in [5, 5.41) is 13.6. The van der Waals surface area contributed by atoms with Gasteiger partial charge in [-0.1, -0.05) is 23.8 Å². The Morgan fingerprint density at radius 1 is 1.14 bits per heavy atom. The van der Waals surface area contributed by atoms with Crippen molar-refractivity contribution in [3.63, 3.8) is 0 Å². The van der Waals surface area contributed by atoms with Crippen LogP contribution in [0.1, 0.15) is 24.1 Å². The Hall–Kier alpha value is -3.06. The Morgan fingerprint density at radius 2 is 1.82 bits per heavy atom. The molecule has 0 spiro atoms. The second-order valence-corrected chi connectivity index (χ2v) is 6.86. The van der Waals surface area contributed by atoms with E-state index in [9.17, 15) is 9.90 Å². The highest BCUT2D eigenvalue weighted by atomic mass is 32.1. The van der Waals surface area contributed by atoms with Gasteiger partial charge in [-0.3, -0.25) is 4.90 Å². The first-order chi connectivity index (χ1) is 13.4. The van der Waals surface area contributed by atoms with Crippen molar-refractivity contribution in [2.45, 2.75) is 19.9 Å². The molecule has 1 heterocycles. The maximum absolute atomic E-state index is 12.6. The number of allylic oxidation sites excluding steroid dienone is 1. The first-order valence-electron chi connectivity index (χ1n) is 8.70. The van der Waals surface area contributed by atoms with Crippen LogP contribution in [-0.4, -0.2) is 30.4 Å². The smallest absolute Gasteiger partial charge is 0.337 e. The van der Waals surface area contributed by atoms with Gasteiger partial charge in [0.25, 0.3) is 0 Å². The summed E-state index contributed by atoms with van der Waals surface area (Å²) in [6.45, 7) is 3.84. The molecule has 0 aromatic heterocycles. The number of hydrogen-bond donors (Lipinski definition) is 2. The average molecular weight is 398 g/mol. The first-order valence-corrected chi connectivity index (χ1v) is 9.11. The average Bonchev–Trinajstić information content (AvgIpc) is 2.69. The second-order valence-electron chi connectivity index (χ2n) is 6.48. The largest absolute Gasteiger partial charge is 0.504 e. The highest BCUT2D eigenvalue weighted by Crippen LogP contribution is 2.37. The number of benzene rings is 2. The van der Waals surface area contributed by atoms with Crippen LogP contribution in [0.2, 0.25) is 0 Å². The quantitative estimate of drug-likeness (QED) is 0.602. The van der Waals surface area contributed by atoms with E-state index in [1.54, 1.807) is 12.1 Å². The summed E-state index contributed by atoms with van der Waals surface area (Å²) < 4.78 is 10.2. The summed E-state index contributed by atoms with van der Waals surface area (Å²) in [5.74, 6) is -0.124. The fourth-order valence-electron chi connectivity index (χ4n) is 3.25. The van der Waals surface area contributed by atoms with Crippen LogP contribution in [0.25, 0.3) is 0 Å². The number of methoxy groups -OCH3 is 2. The standard InChI is InChI=1S/C21H22N2O4S/c1-12-5-8-15(9-6-12)23-13(2)18(20(25)27-4)19(22-21(23)28)14-7-10-16(24)17(11-14)26-3/h5-11,19,24H,1-4H3,(H,22,28)/t19-/m1/s1. The molecular formula is C21H22N2O4S. The van der Waals surface area contributed by atoms with E-state index in [-0.39, 0.29) is 5.75 Å². The molecule has 28 heavy (non-hydrogen) atoms. The van der Waals surface area contributed by atoms with Gasteiger partial charge in [0.15, 0.2) is 16.6 Å². The van der Waals surface area contributed by atoms with Gasteiger partial charge in [-0.15, -0.1) is 0 Å². The van der Waals surface area contributed by atoms with Crippen molar-refractivity contribution in [1.29, 1.82) is 0 Å². The predicted octanol–water partition coefficient (Wildman–Crippen LogP) is 3.59. The number of aromatic hydroxyl groups is 1. The van der Waals surface area contributed by atoms with Gasteiger partial charge in [0.2, 0.25) is 0 Å². The van der Waals surface area contributed by atoms with E-state index in [1.165, 1.54) is 20.3 Å². The minimum absolute atomic E-state index is 0.0197. The van der Waals surface area contributed by atoms with Gasteiger partial charge >= 0.3 is 5.97 Å². The molecule has 1 aliphatic heterocycles. The van der Waals surface area contributed by atoms with Crippen molar-refractivity contribution in [3.05, 3.63) is 64.9 Å². The molecule has 0 fully saturated rings. The summed E-state index contributed by atoms with van der Waals surface area (Å²) in [4.78, 5) is 14.5. The number of hydrogen-bond acceptors (Lipinski definition) is 5. The number of anilines is 1. The zero-order valence-electron chi connectivity index (χ0n) is 16.1. The summed E-state index contributed by atoms with van der Waals surface area (Å²) in [6.07, 6.45) is 0. The van der Waals surface area contributed by atoms with E-state index < -0.39 is 12.0 Å². The van der Waals surface area contributed by atoms with E-state index in [0.29, 0.717) is 22.1 Å². The Kier molecular flexibility index (Phi) is 5.56. The molecule has 2 N–H and O–H groups in total. The number of aryl methyl sites for hydroxylation is 1. The third-order valence-electron chi connectivity index (χ3n) is 4.72. The van der Waals surface area contributed by atoms with Gasteiger partial charge in [-0.2, -0.15) is 0 Å². The van der Waals surface area contributed by atoms with Crippen LogP contribution in [0.15, 0.2) is 53.7 Å². The molecule has 0 saturated carbocycles. The van der Waals surface area contributed by atoms with Gasteiger partial charge in [-0.25, -0.2) is 4.79 Å². The summed E-state index contributed by atoms with van der Waals surface area (Å²) in [5.41, 5.74) is 3.81. The number of rotatable bonds is 4. The van der Waals surface area contributed by atoms with Crippen molar-refractivity contribution < 1.29 is 19.4 Å². The number of nitrogens with zero attached hydrogens (tertiary/aromatic N) is 1. The molecule has 1 atom stereocenters. The fourth-order valence-corrected chi connectivity index (χ4v) is 3.61. The predicted molar refractivity (Wildman–Crippen MR) is 112 cm³/mol. The van der Waals surface area contributed by atoms with Gasteiger partial charge in [0.1, 0.15) is 0 Å². The zero-order chi connectivity index (χ0) is 20.4. The number of ether oxygens (including phenoxy) is 2. The van der Waals surface area contributed by atoms with Crippen molar-refractivity contribution in [1.82, 2.24) is 5.32 Å². The number of esters is 1. The molecule has 2 aromatic rings. The maximum atomic E-state index is 12.6. The van der Waals surface area contributed by atoms with Crippen molar-refractivity contribution in [3.8, 4) is 11.5 Å². The number of carbonyl (C=O) groups excluding carboxylic acids is 1. The molecule has 7 heteroatoms. The van der Waals surface area contributed by atoms with E-state index in [1.807, 2.05) is 43.0 Å². The molecule has 0 amide bonds. The summed E-state index contributed by atoms with van der Waals surface area (Å²) >= 11 is 5.61. The Balaban J connectivity index is 2.13. The molecule has 0 bridgehead atoms. The van der Waals surface area contributed by atoms with Gasteiger partial charge in [0.05, 0.1) is 25.8 Å². The lowest BCUT2D eigenvalue weighted by Gasteiger charge is -2.37. The minimum Gasteiger partial charge on any atom is -0.504 e. The van der Waals surface area contributed by atoms with E-state index in [0.717, 1.165) is 16.8 Å². The molecule has 0 saturated heterocycles. The molecular weight excluding hydrogens is 376 g/mol. The number of thiocarbonyl (C=S) groups is 1. The lowest BCUT2D eigenvalue weighted by molar-refractivity contribution is -0.136. The number of carbonyl (C=O) groups is 1. The lowest BCUT2D eigenvalue weighted by atomic mass is 9.94. The van der Waals surface area contributed by atoms with Crippen LogP contribution in [0.3, 0.4) is 0 Å². The number of phenols is 1. The molecule has 0 unspecified atom stereocenters. The molecule has 2 aromatic carbocycles. The Morgan fingerprint density at radius 3 is 2.43 bits per heavy atom. The molecule has 6 nitrogen and oxygen atoms in total. The molecule has 1 aliphatic rings. The highest BCUT2D eigenvalue weighted by Gasteiger charge is 2.35. The Bertz CT molecular complexity index is 953. The maximum Gasteiger partial charge on any atom is 0.337 e. The third-order valence-corrected chi connectivity index (χ3v) is 5.02. The summed E-state index contributed by atoms with van der Waals surface area (Å²) in [7, 11) is 2.82. The highest BCUT2D eigenvalue weighted by molar-refractivity contribution is 7.80. The molecule has 0 radical (unpaired) electrons. The van der Waals surface area contributed by atoms with Gasteiger partial charge in [0, 0.05) is 11.4 Å². The van der Waals surface area contributed by atoms with Gasteiger partial charge in [-0.05, 0) is 55.9 Å². The third kappa shape index (κ3) is 3.53. The van der Waals surface area contributed by atoms with Crippen molar-refractivity contribution in [2.24, 2.45) is 0 Å². The Labute approximate surface area is 169 Å².